The predicted octanol–water partition coefficient (Wildman–Crippen LogP) is 4.48. The molecule has 112 valence electrons. The first-order valence-electron chi connectivity index (χ1n) is 7.81. The Morgan fingerprint density at radius 1 is 1.15 bits per heavy atom. The summed E-state index contributed by atoms with van der Waals surface area (Å²) in [7, 11) is 0. The minimum atomic E-state index is -0.381. The molecule has 0 aromatic heterocycles. The van der Waals surface area contributed by atoms with Crippen molar-refractivity contribution in [2.24, 2.45) is 11.8 Å². The van der Waals surface area contributed by atoms with Crippen LogP contribution in [0.4, 0.5) is 8.78 Å². The Kier molecular flexibility index (Phi) is 5.53. The van der Waals surface area contributed by atoms with E-state index in [2.05, 4.69) is 19.2 Å². The SMILES string of the molecule is CCNCC1CCC(CC)CC1c1c(F)cccc1F. The lowest BCUT2D eigenvalue weighted by atomic mass is 9.70. The maximum Gasteiger partial charge on any atom is 0.129 e. The van der Waals surface area contributed by atoms with Crippen molar-refractivity contribution in [1.29, 1.82) is 0 Å². The van der Waals surface area contributed by atoms with E-state index >= 15 is 0 Å². The molecule has 1 saturated carbocycles. The molecule has 0 spiro atoms. The van der Waals surface area contributed by atoms with Crippen molar-refractivity contribution >= 4 is 0 Å². The van der Waals surface area contributed by atoms with Crippen molar-refractivity contribution in [1.82, 2.24) is 5.32 Å². The van der Waals surface area contributed by atoms with Gasteiger partial charge in [0.1, 0.15) is 11.6 Å². The minimum Gasteiger partial charge on any atom is -0.317 e. The van der Waals surface area contributed by atoms with Gasteiger partial charge in [0.2, 0.25) is 0 Å². The molecule has 0 amide bonds. The van der Waals surface area contributed by atoms with Crippen LogP contribution in [0.2, 0.25) is 0 Å². The van der Waals surface area contributed by atoms with Crippen LogP contribution in [-0.2, 0) is 0 Å². The summed E-state index contributed by atoms with van der Waals surface area (Å²) in [5.41, 5.74) is 0.313. The molecule has 3 unspecified atom stereocenters. The number of hydrogen-bond donors (Lipinski definition) is 1. The summed E-state index contributed by atoms with van der Waals surface area (Å²) < 4.78 is 28.2. The van der Waals surface area contributed by atoms with Gasteiger partial charge in [-0.15, -0.1) is 0 Å². The molecule has 1 aliphatic rings. The second kappa shape index (κ2) is 7.16. The molecule has 3 heteroatoms. The highest BCUT2D eigenvalue weighted by molar-refractivity contribution is 5.25. The van der Waals surface area contributed by atoms with Crippen LogP contribution < -0.4 is 5.32 Å². The summed E-state index contributed by atoms with van der Waals surface area (Å²) >= 11 is 0. The predicted molar refractivity (Wildman–Crippen MR) is 78.8 cm³/mol. The maximum absolute atomic E-state index is 14.1. The van der Waals surface area contributed by atoms with Crippen LogP contribution in [0, 0.1) is 23.5 Å². The Labute approximate surface area is 120 Å². The molecular weight excluding hydrogens is 256 g/mol. The summed E-state index contributed by atoms with van der Waals surface area (Å²) in [4.78, 5) is 0. The van der Waals surface area contributed by atoms with Crippen LogP contribution in [0.1, 0.15) is 51.0 Å². The Morgan fingerprint density at radius 2 is 1.85 bits per heavy atom. The third-order valence-corrected chi connectivity index (χ3v) is 4.71. The van der Waals surface area contributed by atoms with E-state index < -0.39 is 0 Å². The van der Waals surface area contributed by atoms with E-state index in [1.807, 2.05) is 0 Å². The van der Waals surface area contributed by atoms with Gasteiger partial charge in [-0.1, -0.05) is 32.8 Å². The Hall–Kier alpha value is -0.960. The lowest BCUT2D eigenvalue weighted by Crippen LogP contribution is -2.32. The smallest absolute Gasteiger partial charge is 0.129 e. The van der Waals surface area contributed by atoms with Gasteiger partial charge in [0.15, 0.2) is 0 Å². The lowest BCUT2D eigenvalue weighted by Gasteiger charge is -2.36. The first kappa shape index (κ1) is 15.4. The monoisotopic (exact) mass is 281 g/mol. The highest BCUT2D eigenvalue weighted by atomic mass is 19.1. The van der Waals surface area contributed by atoms with Crippen LogP contribution in [0.15, 0.2) is 18.2 Å². The lowest BCUT2D eigenvalue weighted by molar-refractivity contribution is 0.219. The molecule has 0 heterocycles. The Morgan fingerprint density at radius 3 is 2.45 bits per heavy atom. The van der Waals surface area contributed by atoms with Gasteiger partial charge in [-0.3, -0.25) is 0 Å². The van der Waals surface area contributed by atoms with Crippen LogP contribution in [0.5, 0.6) is 0 Å². The summed E-state index contributed by atoms with van der Waals surface area (Å²) in [5, 5.41) is 3.34. The van der Waals surface area contributed by atoms with Gasteiger partial charge in [0.25, 0.3) is 0 Å². The van der Waals surface area contributed by atoms with E-state index in [4.69, 9.17) is 0 Å². The Bertz CT molecular complexity index is 413. The summed E-state index contributed by atoms with van der Waals surface area (Å²) in [6.45, 7) is 5.99. The fourth-order valence-corrected chi connectivity index (χ4v) is 3.48. The summed E-state index contributed by atoms with van der Waals surface area (Å²) in [6, 6.07) is 4.23. The van der Waals surface area contributed by atoms with Crippen LogP contribution in [0.25, 0.3) is 0 Å². The van der Waals surface area contributed by atoms with Crippen molar-refractivity contribution in [2.45, 2.75) is 45.4 Å². The quantitative estimate of drug-likeness (QED) is 0.839. The second-order valence-corrected chi connectivity index (χ2v) is 5.90. The number of halogens is 2. The van der Waals surface area contributed by atoms with Gasteiger partial charge in [-0.25, -0.2) is 8.78 Å². The maximum atomic E-state index is 14.1. The number of nitrogens with one attached hydrogen (secondary N) is 1. The molecule has 0 radical (unpaired) electrons. The van der Waals surface area contributed by atoms with Crippen molar-refractivity contribution in [3.05, 3.63) is 35.4 Å². The van der Waals surface area contributed by atoms with E-state index in [-0.39, 0.29) is 17.6 Å². The van der Waals surface area contributed by atoms with Gasteiger partial charge in [-0.05, 0) is 55.8 Å². The number of benzene rings is 1. The van der Waals surface area contributed by atoms with Crippen LogP contribution in [0.3, 0.4) is 0 Å². The summed E-state index contributed by atoms with van der Waals surface area (Å²) in [6.07, 6.45) is 4.24. The molecule has 2 rings (SSSR count). The number of rotatable bonds is 5. The van der Waals surface area contributed by atoms with Gasteiger partial charge in [0.05, 0.1) is 0 Å². The molecular formula is C17H25F2N. The zero-order valence-electron chi connectivity index (χ0n) is 12.5. The molecule has 1 aromatic rings. The topological polar surface area (TPSA) is 12.0 Å². The normalized spacial score (nSPS) is 26.7. The van der Waals surface area contributed by atoms with E-state index in [1.165, 1.54) is 24.6 Å². The molecule has 1 aromatic carbocycles. The standard InChI is InChI=1S/C17H25F2N/c1-3-12-8-9-13(11-20-4-2)14(10-12)17-15(18)6-5-7-16(17)19/h5-7,12-14,20H,3-4,8-11H2,1-2H3. The first-order chi connectivity index (χ1) is 9.67. The average Bonchev–Trinajstić information content (AvgIpc) is 2.45. The molecule has 3 atom stereocenters. The van der Waals surface area contributed by atoms with Crippen molar-refractivity contribution < 1.29 is 8.78 Å². The van der Waals surface area contributed by atoms with Crippen molar-refractivity contribution in [2.75, 3.05) is 13.1 Å². The summed E-state index contributed by atoms with van der Waals surface area (Å²) in [5.74, 6) is 0.177. The molecule has 1 N–H and O–H groups in total. The largest absolute Gasteiger partial charge is 0.317 e. The van der Waals surface area contributed by atoms with Gasteiger partial charge >= 0.3 is 0 Å². The van der Waals surface area contributed by atoms with Gasteiger partial charge in [-0.2, -0.15) is 0 Å². The third kappa shape index (κ3) is 3.38. The molecule has 0 saturated heterocycles. The average molecular weight is 281 g/mol. The van der Waals surface area contributed by atoms with E-state index in [1.54, 1.807) is 0 Å². The third-order valence-electron chi connectivity index (χ3n) is 4.71. The highest BCUT2D eigenvalue weighted by Gasteiger charge is 2.33. The number of hydrogen-bond acceptors (Lipinski definition) is 1. The van der Waals surface area contributed by atoms with E-state index in [9.17, 15) is 8.78 Å². The zero-order valence-corrected chi connectivity index (χ0v) is 12.5. The molecule has 0 bridgehead atoms. The molecule has 20 heavy (non-hydrogen) atoms. The fourth-order valence-electron chi connectivity index (χ4n) is 3.48. The van der Waals surface area contributed by atoms with E-state index in [0.717, 1.165) is 32.4 Å². The molecule has 1 aliphatic carbocycles. The second-order valence-electron chi connectivity index (χ2n) is 5.90. The molecule has 0 aliphatic heterocycles. The van der Waals surface area contributed by atoms with Gasteiger partial charge < -0.3 is 5.32 Å². The van der Waals surface area contributed by atoms with Crippen molar-refractivity contribution in [3.8, 4) is 0 Å². The van der Waals surface area contributed by atoms with Crippen LogP contribution in [-0.4, -0.2) is 13.1 Å². The van der Waals surface area contributed by atoms with E-state index in [0.29, 0.717) is 17.4 Å². The molecule has 1 nitrogen and oxygen atoms in total. The van der Waals surface area contributed by atoms with Crippen LogP contribution >= 0.6 is 0 Å². The fraction of sp³-hybridized carbons (Fsp3) is 0.647. The minimum absolute atomic E-state index is 0.00829. The van der Waals surface area contributed by atoms with Crippen molar-refractivity contribution in [3.63, 3.8) is 0 Å². The highest BCUT2D eigenvalue weighted by Crippen LogP contribution is 2.43. The zero-order chi connectivity index (χ0) is 14.5. The van der Waals surface area contributed by atoms with Gasteiger partial charge in [0, 0.05) is 5.56 Å². The first-order valence-corrected chi connectivity index (χ1v) is 7.81. The Balaban J connectivity index is 2.26. The molecule has 1 fully saturated rings.